The fourth-order valence-corrected chi connectivity index (χ4v) is 3.97. The fourth-order valence-electron chi connectivity index (χ4n) is 3.97. The molecule has 1 aliphatic heterocycles. The predicted molar refractivity (Wildman–Crippen MR) is 116 cm³/mol. The second-order valence-electron chi connectivity index (χ2n) is 8.11. The Hall–Kier alpha value is -3.29. The van der Waals surface area contributed by atoms with Crippen LogP contribution in [0.4, 0.5) is 8.78 Å². The van der Waals surface area contributed by atoms with Crippen LogP contribution in [-0.2, 0) is 4.79 Å². The largest absolute Gasteiger partial charge is 0.354 e. The molecule has 2 aromatic rings. The maximum atomic E-state index is 13.6. The van der Waals surface area contributed by atoms with E-state index < -0.39 is 23.1 Å². The van der Waals surface area contributed by atoms with Gasteiger partial charge in [-0.3, -0.25) is 14.4 Å². The minimum atomic E-state index is -0.942. The van der Waals surface area contributed by atoms with Crippen molar-refractivity contribution in [2.75, 3.05) is 26.2 Å². The first-order valence-electron chi connectivity index (χ1n) is 10.6. The normalized spacial score (nSPS) is 15.9. The molecule has 1 atom stereocenters. The van der Waals surface area contributed by atoms with Gasteiger partial charge in [0, 0.05) is 31.7 Å². The molecule has 170 valence electrons. The summed E-state index contributed by atoms with van der Waals surface area (Å²) in [6.07, 6.45) is 1.38. The van der Waals surface area contributed by atoms with Crippen molar-refractivity contribution in [2.24, 2.45) is 5.92 Å². The molecule has 1 aliphatic rings. The number of nitrogens with one attached hydrogen (secondary N) is 2. The standard InChI is InChI=1S/C24H27F2N3O3/c1-15-11-16(2)13-18(12-15)24(32)29-10-4-5-17(14-29)22(30)27-8-9-28-23(31)21-19(25)6-3-7-20(21)26/h3,6-7,11-13,17H,4-5,8-10,14H2,1-2H3,(H,27,30)(H,28,31). The zero-order valence-corrected chi connectivity index (χ0v) is 18.2. The van der Waals surface area contributed by atoms with Crippen LogP contribution in [-0.4, -0.2) is 48.8 Å². The molecule has 32 heavy (non-hydrogen) atoms. The molecule has 0 aliphatic carbocycles. The summed E-state index contributed by atoms with van der Waals surface area (Å²) in [6.45, 7) is 4.94. The Labute approximate surface area is 186 Å². The Morgan fingerprint density at radius 3 is 2.28 bits per heavy atom. The Morgan fingerprint density at radius 2 is 1.62 bits per heavy atom. The molecule has 2 aromatic carbocycles. The summed E-state index contributed by atoms with van der Waals surface area (Å²) in [4.78, 5) is 39.1. The SMILES string of the molecule is Cc1cc(C)cc(C(=O)N2CCCC(C(=O)NCCNC(=O)c3c(F)cccc3F)C2)c1. The molecular weight excluding hydrogens is 416 g/mol. The maximum Gasteiger partial charge on any atom is 0.257 e. The number of aryl methyl sites for hydroxylation is 2. The van der Waals surface area contributed by atoms with Crippen LogP contribution >= 0.6 is 0 Å². The monoisotopic (exact) mass is 443 g/mol. The maximum absolute atomic E-state index is 13.6. The number of amides is 3. The first-order valence-corrected chi connectivity index (χ1v) is 10.6. The number of hydrogen-bond donors (Lipinski definition) is 2. The molecule has 0 spiro atoms. The van der Waals surface area contributed by atoms with Gasteiger partial charge in [-0.05, 0) is 51.0 Å². The number of carbonyl (C=O) groups excluding carboxylic acids is 3. The highest BCUT2D eigenvalue weighted by Crippen LogP contribution is 2.20. The van der Waals surface area contributed by atoms with Crippen molar-refractivity contribution < 1.29 is 23.2 Å². The summed E-state index contributed by atoms with van der Waals surface area (Å²) < 4.78 is 27.3. The number of carbonyl (C=O) groups is 3. The van der Waals surface area contributed by atoms with Crippen LogP contribution in [0.15, 0.2) is 36.4 Å². The lowest BCUT2D eigenvalue weighted by Crippen LogP contribution is -2.46. The predicted octanol–water partition coefficient (Wildman–Crippen LogP) is 2.98. The third-order valence-corrected chi connectivity index (χ3v) is 5.45. The van der Waals surface area contributed by atoms with Crippen molar-refractivity contribution in [1.29, 1.82) is 0 Å². The van der Waals surface area contributed by atoms with Crippen molar-refractivity contribution in [3.8, 4) is 0 Å². The molecule has 2 N–H and O–H groups in total. The van der Waals surface area contributed by atoms with Gasteiger partial charge in [0.05, 0.1) is 5.92 Å². The van der Waals surface area contributed by atoms with Crippen LogP contribution in [0.2, 0.25) is 0 Å². The summed E-state index contributed by atoms with van der Waals surface area (Å²) in [5, 5.41) is 5.13. The van der Waals surface area contributed by atoms with Crippen molar-refractivity contribution in [1.82, 2.24) is 15.5 Å². The van der Waals surface area contributed by atoms with Crippen LogP contribution in [0.25, 0.3) is 0 Å². The van der Waals surface area contributed by atoms with E-state index in [4.69, 9.17) is 0 Å². The Kier molecular flexibility index (Phi) is 7.56. The molecule has 6 nitrogen and oxygen atoms in total. The van der Waals surface area contributed by atoms with Gasteiger partial charge in [-0.2, -0.15) is 0 Å². The van der Waals surface area contributed by atoms with Gasteiger partial charge in [0.1, 0.15) is 17.2 Å². The average Bonchev–Trinajstić information content (AvgIpc) is 2.75. The minimum absolute atomic E-state index is 0.0241. The summed E-state index contributed by atoms with van der Waals surface area (Å²) in [7, 11) is 0. The molecule has 0 aromatic heterocycles. The van der Waals surface area contributed by atoms with Crippen molar-refractivity contribution in [2.45, 2.75) is 26.7 Å². The van der Waals surface area contributed by atoms with Crippen molar-refractivity contribution in [3.05, 3.63) is 70.3 Å². The Morgan fingerprint density at radius 1 is 1.00 bits per heavy atom. The fraction of sp³-hybridized carbons (Fsp3) is 0.375. The van der Waals surface area contributed by atoms with Crippen LogP contribution in [0.5, 0.6) is 0 Å². The molecule has 1 heterocycles. The van der Waals surface area contributed by atoms with Crippen LogP contribution in [0, 0.1) is 31.4 Å². The molecule has 1 fully saturated rings. The lowest BCUT2D eigenvalue weighted by molar-refractivity contribution is -0.126. The third-order valence-electron chi connectivity index (χ3n) is 5.45. The Balaban J connectivity index is 1.49. The van der Waals surface area contributed by atoms with Crippen LogP contribution in [0.3, 0.4) is 0 Å². The van der Waals surface area contributed by atoms with E-state index in [-0.39, 0.29) is 30.8 Å². The van der Waals surface area contributed by atoms with Gasteiger partial charge in [0.2, 0.25) is 5.91 Å². The second-order valence-corrected chi connectivity index (χ2v) is 8.11. The number of hydrogen-bond acceptors (Lipinski definition) is 3. The van der Waals surface area contributed by atoms with E-state index in [0.29, 0.717) is 25.1 Å². The number of nitrogens with zero attached hydrogens (tertiary/aromatic N) is 1. The van der Waals surface area contributed by atoms with Gasteiger partial charge in [-0.25, -0.2) is 8.78 Å². The highest BCUT2D eigenvalue weighted by atomic mass is 19.1. The van der Waals surface area contributed by atoms with Gasteiger partial charge < -0.3 is 15.5 Å². The topological polar surface area (TPSA) is 78.5 Å². The molecule has 8 heteroatoms. The number of benzene rings is 2. The van der Waals surface area contributed by atoms with Gasteiger partial charge in [-0.1, -0.05) is 23.3 Å². The summed E-state index contributed by atoms with van der Waals surface area (Å²) in [6, 6.07) is 8.89. The van der Waals surface area contributed by atoms with Crippen LogP contribution < -0.4 is 10.6 Å². The molecule has 1 saturated heterocycles. The van der Waals surface area contributed by atoms with E-state index in [2.05, 4.69) is 10.6 Å². The first kappa shape index (κ1) is 23.4. The zero-order chi connectivity index (χ0) is 23.3. The quantitative estimate of drug-likeness (QED) is 0.674. The van der Waals surface area contributed by atoms with E-state index in [0.717, 1.165) is 29.7 Å². The number of likely N-dealkylation sites (tertiary alicyclic amines) is 1. The van der Waals surface area contributed by atoms with Gasteiger partial charge in [0.15, 0.2) is 0 Å². The number of halogens is 2. The number of piperidine rings is 1. The molecule has 0 saturated carbocycles. The van der Waals surface area contributed by atoms with E-state index in [1.165, 1.54) is 6.07 Å². The molecule has 0 bridgehead atoms. The average molecular weight is 443 g/mol. The van der Waals surface area contributed by atoms with Gasteiger partial charge in [-0.15, -0.1) is 0 Å². The molecule has 3 amide bonds. The Bertz CT molecular complexity index is 985. The minimum Gasteiger partial charge on any atom is -0.354 e. The lowest BCUT2D eigenvalue weighted by atomic mass is 9.96. The molecular formula is C24H27F2N3O3. The third kappa shape index (κ3) is 5.69. The smallest absolute Gasteiger partial charge is 0.257 e. The molecule has 0 radical (unpaired) electrons. The zero-order valence-electron chi connectivity index (χ0n) is 18.2. The first-order chi connectivity index (χ1) is 15.3. The van der Waals surface area contributed by atoms with Crippen molar-refractivity contribution >= 4 is 17.7 Å². The summed E-state index contributed by atoms with van der Waals surface area (Å²) in [5.41, 5.74) is 1.99. The summed E-state index contributed by atoms with van der Waals surface area (Å²) in [5.74, 6) is -3.41. The van der Waals surface area contributed by atoms with Gasteiger partial charge >= 0.3 is 0 Å². The van der Waals surface area contributed by atoms with E-state index in [1.807, 2.05) is 32.0 Å². The summed E-state index contributed by atoms with van der Waals surface area (Å²) >= 11 is 0. The van der Waals surface area contributed by atoms with Crippen LogP contribution in [0.1, 0.15) is 44.7 Å². The lowest BCUT2D eigenvalue weighted by Gasteiger charge is -2.32. The second kappa shape index (κ2) is 10.3. The molecule has 3 rings (SSSR count). The van der Waals surface area contributed by atoms with E-state index in [9.17, 15) is 23.2 Å². The van der Waals surface area contributed by atoms with Crippen molar-refractivity contribution in [3.63, 3.8) is 0 Å². The number of rotatable bonds is 6. The highest BCUT2D eigenvalue weighted by Gasteiger charge is 2.29. The van der Waals surface area contributed by atoms with E-state index in [1.54, 1.807) is 4.90 Å². The molecule has 1 unspecified atom stereocenters. The highest BCUT2D eigenvalue weighted by molar-refractivity contribution is 5.95. The van der Waals surface area contributed by atoms with Gasteiger partial charge in [0.25, 0.3) is 11.8 Å². The van der Waals surface area contributed by atoms with E-state index >= 15 is 0 Å².